The van der Waals surface area contributed by atoms with Crippen LogP contribution in [0.4, 0.5) is 0 Å². The first kappa shape index (κ1) is 16.6. The van der Waals surface area contributed by atoms with Crippen molar-refractivity contribution in [1.29, 1.82) is 0 Å². The molecule has 0 saturated carbocycles. The van der Waals surface area contributed by atoms with Gasteiger partial charge in [0, 0.05) is 0 Å². The van der Waals surface area contributed by atoms with Crippen LogP contribution in [-0.2, 0) is 0 Å². The van der Waals surface area contributed by atoms with Gasteiger partial charge in [0.05, 0.1) is 14.2 Å². The van der Waals surface area contributed by atoms with Gasteiger partial charge in [-0.2, -0.15) is 0 Å². The van der Waals surface area contributed by atoms with Gasteiger partial charge in [0.25, 0.3) is 0 Å². The molecule has 0 N–H and O–H groups in total. The van der Waals surface area contributed by atoms with Crippen molar-refractivity contribution in [3.63, 3.8) is 0 Å². The zero-order valence-electron chi connectivity index (χ0n) is 15.9. The molecular weight excluding hydrogens is 344 g/mol. The SMILES string of the molecule is COc1ccc2c(c1)-c1cc(OC)ccc1-c1ccccc1-c1ccccc1-2. The van der Waals surface area contributed by atoms with Crippen molar-refractivity contribution in [3.8, 4) is 56.0 Å². The van der Waals surface area contributed by atoms with Crippen molar-refractivity contribution in [3.05, 3.63) is 84.9 Å². The number of rotatable bonds is 2. The Labute approximate surface area is 165 Å². The third kappa shape index (κ3) is 2.49. The third-order valence-corrected chi connectivity index (χ3v) is 5.47. The Morgan fingerprint density at radius 2 is 0.714 bits per heavy atom. The molecular formula is C26H20O2. The molecule has 0 aliphatic heterocycles. The van der Waals surface area contributed by atoms with Gasteiger partial charge in [0.15, 0.2) is 0 Å². The summed E-state index contributed by atoms with van der Waals surface area (Å²) in [7, 11) is 3.42. The summed E-state index contributed by atoms with van der Waals surface area (Å²) < 4.78 is 11.1. The van der Waals surface area contributed by atoms with Crippen LogP contribution in [-0.4, -0.2) is 14.2 Å². The first-order chi connectivity index (χ1) is 13.8. The summed E-state index contributed by atoms with van der Waals surface area (Å²) >= 11 is 0. The van der Waals surface area contributed by atoms with Crippen molar-refractivity contribution < 1.29 is 9.47 Å². The summed E-state index contributed by atoms with van der Waals surface area (Å²) in [5.41, 5.74) is 9.62. The second-order valence-electron chi connectivity index (χ2n) is 6.91. The minimum absolute atomic E-state index is 0.846. The average Bonchev–Trinajstić information content (AvgIpc) is 2.77. The average molecular weight is 364 g/mol. The fraction of sp³-hybridized carbons (Fsp3) is 0.0769. The molecule has 0 bridgehead atoms. The van der Waals surface area contributed by atoms with E-state index in [9.17, 15) is 0 Å². The first-order valence-electron chi connectivity index (χ1n) is 9.36. The Morgan fingerprint density at radius 3 is 1.04 bits per heavy atom. The van der Waals surface area contributed by atoms with Crippen LogP contribution in [0.3, 0.4) is 0 Å². The van der Waals surface area contributed by atoms with Crippen LogP contribution in [0.5, 0.6) is 11.5 Å². The van der Waals surface area contributed by atoms with E-state index in [1.165, 1.54) is 33.4 Å². The van der Waals surface area contributed by atoms with E-state index in [1.807, 2.05) is 12.1 Å². The zero-order chi connectivity index (χ0) is 19.1. The van der Waals surface area contributed by atoms with Crippen molar-refractivity contribution in [2.45, 2.75) is 0 Å². The zero-order valence-corrected chi connectivity index (χ0v) is 15.9. The van der Waals surface area contributed by atoms with E-state index in [2.05, 4.69) is 72.8 Å². The Hall–Kier alpha value is -3.52. The molecule has 5 rings (SSSR count). The highest BCUT2D eigenvalue weighted by atomic mass is 16.5. The monoisotopic (exact) mass is 364 g/mol. The second-order valence-corrected chi connectivity index (χ2v) is 6.91. The van der Waals surface area contributed by atoms with E-state index >= 15 is 0 Å². The maximum atomic E-state index is 5.55. The molecule has 0 aromatic heterocycles. The molecule has 1 aliphatic carbocycles. The number of hydrogen-bond donors (Lipinski definition) is 0. The van der Waals surface area contributed by atoms with Crippen molar-refractivity contribution >= 4 is 0 Å². The van der Waals surface area contributed by atoms with E-state index in [0.717, 1.165) is 22.6 Å². The van der Waals surface area contributed by atoms with Crippen LogP contribution in [0, 0.1) is 0 Å². The van der Waals surface area contributed by atoms with Crippen LogP contribution in [0.15, 0.2) is 84.9 Å². The van der Waals surface area contributed by atoms with Gasteiger partial charge in [0.1, 0.15) is 11.5 Å². The molecule has 0 unspecified atom stereocenters. The normalized spacial score (nSPS) is 11.2. The summed E-state index contributed by atoms with van der Waals surface area (Å²) in [5, 5.41) is 0. The van der Waals surface area contributed by atoms with Crippen LogP contribution < -0.4 is 9.47 Å². The number of hydrogen-bond acceptors (Lipinski definition) is 2. The minimum atomic E-state index is 0.846. The van der Waals surface area contributed by atoms with Crippen LogP contribution in [0.1, 0.15) is 0 Å². The molecule has 2 heteroatoms. The van der Waals surface area contributed by atoms with Crippen molar-refractivity contribution in [2.24, 2.45) is 0 Å². The Balaban J connectivity index is 1.96. The van der Waals surface area contributed by atoms with Gasteiger partial charge in [-0.3, -0.25) is 0 Å². The van der Waals surface area contributed by atoms with Crippen LogP contribution in [0.2, 0.25) is 0 Å². The highest BCUT2D eigenvalue weighted by Gasteiger charge is 2.22. The van der Waals surface area contributed by atoms with E-state index in [1.54, 1.807) is 14.2 Å². The lowest BCUT2D eigenvalue weighted by atomic mass is 9.81. The van der Waals surface area contributed by atoms with Gasteiger partial charge in [-0.05, 0) is 68.8 Å². The molecule has 0 radical (unpaired) electrons. The molecule has 0 spiro atoms. The molecule has 0 saturated heterocycles. The van der Waals surface area contributed by atoms with Gasteiger partial charge in [-0.15, -0.1) is 0 Å². The van der Waals surface area contributed by atoms with Gasteiger partial charge in [0.2, 0.25) is 0 Å². The van der Waals surface area contributed by atoms with Crippen molar-refractivity contribution in [2.75, 3.05) is 14.2 Å². The molecule has 0 heterocycles. The highest BCUT2D eigenvalue weighted by molar-refractivity contribution is 6.03. The standard InChI is InChI=1S/C26H20O2/c1-27-17-11-13-23-21-9-5-3-7-19(21)20-8-4-6-10-22(20)24-14-12-18(28-2)16-26(24)25(23)15-17/h3-16H,1-2H3. The largest absolute Gasteiger partial charge is 0.497 e. The van der Waals surface area contributed by atoms with E-state index < -0.39 is 0 Å². The smallest absolute Gasteiger partial charge is 0.119 e. The molecule has 4 aromatic rings. The summed E-state index contributed by atoms with van der Waals surface area (Å²) in [6.07, 6.45) is 0. The van der Waals surface area contributed by atoms with Crippen molar-refractivity contribution in [1.82, 2.24) is 0 Å². The predicted octanol–water partition coefficient (Wildman–Crippen LogP) is 6.69. The lowest BCUT2D eigenvalue weighted by Gasteiger charge is -2.23. The Bertz CT molecular complexity index is 1100. The molecule has 0 amide bonds. The topological polar surface area (TPSA) is 18.5 Å². The lowest BCUT2D eigenvalue weighted by molar-refractivity contribution is 0.414. The molecule has 28 heavy (non-hydrogen) atoms. The quantitative estimate of drug-likeness (QED) is 0.348. The molecule has 4 aromatic carbocycles. The van der Waals surface area contributed by atoms with Gasteiger partial charge in [-0.25, -0.2) is 0 Å². The van der Waals surface area contributed by atoms with Gasteiger partial charge in [-0.1, -0.05) is 60.7 Å². The number of ether oxygens (including phenoxy) is 2. The Morgan fingerprint density at radius 1 is 0.393 bits per heavy atom. The fourth-order valence-corrected chi connectivity index (χ4v) is 4.12. The molecule has 136 valence electrons. The number of methoxy groups -OCH3 is 2. The van der Waals surface area contributed by atoms with Crippen LogP contribution >= 0.6 is 0 Å². The first-order valence-corrected chi connectivity index (χ1v) is 9.36. The molecule has 0 fully saturated rings. The molecule has 1 aliphatic rings. The van der Waals surface area contributed by atoms with E-state index in [4.69, 9.17) is 9.47 Å². The molecule has 2 nitrogen and oxygen atoms in total. The summed E-state index contributed by atoms with van der Waals surface area (Å²) in [4.78, 5) is 0. The minimum Gasteiger partial charge on any atom is -0.497 e. The fourth-order valence-electron chi connectivity index (χ4n) is 4.12. The number of fused-ring (bicyclic) bond motifs is 8. The second kappa shape index (κ2) is 6.58. The molecule has 0 atom stereocenters. The maximum Gasteiger partial charge on any atom is 0.119 e. The summed E-state index contributed by atoms with van der Waals surface area (Å²) in [5.74, 6) is 1.69. The van der Waals surface area contributed by atoms with Gasteiger partial charge < -0.3 is 9.47 Å². The van der Waals surface area contributed by atoms with E-state index in [0.29, 0.717) is 0 Å². The summed E-state index contributed by atoms with van der Waals surface area (Å²) in [6, 6.07) is 29.8. The van der Waals surface area contributed by atoms with E-state index in [-0.39, 0.29) is 0 Å². The Kier molecular flexibility index (Phi) is 3.91. The lowest BCUT2D eigenvalue weighted by Crippen LogP contribution is -1.98. The number of benzene rings is 4. The predicted molar refractivity (Wildman–Crippen MR) is 115 cm³/mol. The summed E-state index contributed by atoms with van der Waals surface area (Å²) in [6.45, 7) is 0. The van der Waals surface area contributed by atoms with Gasteiger partial charge >= 0.3 is 0 Å². The maximum absolute atomic E-state index is 5.55. The van der Waals surface area contributed by atoms with Crippen LogP contribution in [0.25, 0.3) is 44.5 Å². The third-order valence-electron chi connectivity index (χ3n) is 5.47. The highest BCUT2D eigenvalue weighted by Crippen LogP contribution is 2.48.